The van der Waals surface area contributed by atoms with Crippen LogP contribution >= 0.6 is 24.0 Å². The van der Waals surface area contributed by atoms with Gasteiger partial charge in [0.1, 0.15) is 0 Å². The number of amides is 2. The zero-order valence-corrected chi connectivity index (χ0v) is 21.8. The highest BCUT2D eigenvalue weighted by Crippen LogP contribution is 2.38. The number of nitrogens with zero attached hydrogens (tertiary/aromatic N) is 1. The maximum atomic E-state index is 13.2. The molecule has 1 aliphatic rings. The van der Waals surface area contributed by atoms with Crippen molar-refractivity contribution >= 4 is 57.6 Å². The number of carbonyl (C=O) groups is 2. The van der Waals surface area contributed by atoms with Crippen LogP contribution in [0.15, 0.2) is 71.6 Å². The second-order valence-electron chi connectivity index (χ2n) is 8.09. The van der Waals surface area contributed by atoms with Crippen molar-refractivity contribution < 1.29 is 32.2 Å². The van der Waals surface area contributed by atoms with E-state index in [9.17, 15) is 22.8 Å². The van der Waals surface area contributed by atoms with Crippen molar-refractivity contribution in [2.75, 3.05) is 23.9 Å². The number of benzene rings is 3. The maximum absolute atomic E-state index is 13.2. The summed E-state index contributed by atoms with van der Waals surface area (Å²) in [5, 5.41) is 2.22. The Kier molecular flexibility index (Phi) is 8.08. The summed E-state index contributed by atoms with van der Waals surface area (Å²) in [6.45, 7) is 1.35. The maximum Gasteiger partial charge on any atom is 0.418 e. The van der Waals surface area contributed by atoms with Crippen molar-refractivity contribution in [1.29, 1.82) is 0 Å². The molecule has 4 rings (SSSR count). The molecule has 2 amide bonds. The van der Waals surface area contributed by atoms with Crippen LogP contribution in [0.2, 0.25) is 0 Å². The number of hydrogen-bond donors (Lipinski definition) is 1. The molecule has 1 fully saturated rings. The van der Waals surface area contributed by atoms with Gasteiger partial charge in [-0.3, -0.25) is 14.5 Å². The van der Waals surface area contributed by atoms with Crippen molar-refractivity contribution in [3.05, 3.63) is 88.3 Å². The third-order valence-corrected chi connectivity index (χ3v) is 6.80. The molecule has 0 aromatic heterocycles. The predicted molar refractivity (Wildman–Crippen MR) is 145 cm³/mol. The molecule has 1 heterocycles. The Hall–Kier alpha value is -3.83. The van der Waals surface area contributed by atoms with E-state index in [0.29, 0.717) is 14.8 Å². The fourth-order valence-electron chi connectivity index (χ4n) is 3.70. The van der Waals surface area contributed by atoms with Crippen LogP contribution in [0.4, 0.5) is 24.5 Å². The molecule has 3 aromatic rings. The molecule has 1 N–H and O–H groups in total. The van der Waals surface area contributed by atoms with Crippen molar-refractivity contribution in [2.24, 2.45) is 0 Å². The monoisotopic (exact) mass is 558 g/mol. The first kappa shape index (κ1) is 27.2. The number of alkyl halides is 3. The van der Waals surface area contributed by atoms with Gasteiger partial charge in [-0.05, 0) is 54.5 Å². The molecule has 196 valence electrons. The fourth-order valence-corrected chi connectivity index (χ4v) is 4.99. The number of anilines is 2. The number of para-hydroxylation sites is 2. The van der Waals surface area contributed by atoms with E-state index in [1.807, 2.05) is 31.2 Å². The number of thiocarbonyl (C=S) groups is 1. The van der Waals surface area contributed by atoms with Gasteiger partial charge in [0.15, 0.2) is 22.4 Å². The summed E-state index contributed by atoms with van der Waals surface area (Å²) < 4.78 is 50.8. The second-order valence-corrected chi connectivity index (χ2v) is 9.77. The van der Waals surface area contributed by atoms with E-state index >= 15 is 0 Å². The molecule has 0 spiro atoms. The fraction of sp³-hybridized carbons (Fsp3) is 0.148. The lowest BCUT2D eigenvalue weighted by Crippen LogP contribution is -2.28. The highest BCUT2D eigenvalue weighted by Gasteiger charge is 2.34. The molecule has 0 aliphatic carbocycles. The van der Waals surface area contributed by atoms with Gasteiger partial charge in [-0.15, -0.1) is 0 Å². The molecule has 3 aromatic carbocycles. The Morgan fingerprint density at radius 2 is 1.79 bits per heavy atom. The number of thioether (sulfide) groups is 1. The zero-order chi connectivity index (χ0) is 27.4. The average Bonchev–Trinajstić information content (AvgIpc) is 3.15. The lowest BCUT2D eigenvalue weighted by atomic mass is 10.1. The number of halogens is 3. The van der Waals surface area contributed by atoms with E-state index in [4.69, 9.17) is 21.7 Å². The van der Waals surface area contributed by atoms with E-state index in [1.165, 1.54) is 35.9 Å². The van der Waals surface area contributed by atoms with E-state index in [-0.39, 0.29) is 23.1 Å². The summed E-state index contributed by atoms with van der Waals surface area (Å²) >= 11 is 6.62. The number of nitrogens with one attached hydrogen (secondary N) is 1. The third-order valence-electron chi connectivity index (χ3n) is 5.50. The smallest absolute Gasteiger partial charge is 0.418 e. The lowest BCUT2D eigenvalue weighted by molar-refractivity contribution is -0.137. The quantitative estimate of drug-likeness (QED) is 0.266. The average molecular weight is 559 g/mol. The van der Waals surface area contributed by atoms with Crippen LogP contribution in [0, 0.1) is 6.92 Å². The van der Waals surface area contributed by atoms with Gasteiger partial charge < -0.3 is 14.8 Å². The number of carbonyl (C=O) groups excluding carboxylic acids is 2. The standard InChI is InChI=1S/C27H21F3N2O4S2/c1-16-7-3-6-10-20(16)32-25(34)23(38-26(32)37)14-17-11-12-21(22(13-17)35-2)36-15-24(33)31-19-9-5-4-8-18(19)27(28,29)30/h3-14H,15H2,1-2H3,(H,31,33)/b23-14-. The SMILES string of the molecule is COc1cc(/C=C2\SC(=S)N(c3ccccc3C)C2=O)ccc1OCC(=O)Nc1ccccc1C(F)(F)F. The van der Waals surface area contributed by atoms with Crippen LogP contribution in [-0.4, -0.2) is 29.9 Å². The molecule has 11 heteroatoms. The number of methoxy groups -OCH3 is 1. The molecule has 38 heavy (non-hydrogen) atoms. The van der Waals surface area contributed by atoms with E-state index in [1.54, 1.807) is 24.3 Å². The predicted octanol–water partition coefficient (Wildman–Crippen LogP) is 6.45. The highest BCUT2D eigenvalue weighted by atomic mass is 32.2. The van der Waals surface area contributed by atoms with Crippen LogP contribution in [-0.2, 0) is 15.8 Å². The summed E-state index contributed by atoms with van der Waals surface area (Å²) in [5.41, 5.74) is 0.945. The van der Waals surface area contributed by atoms with Crippen molar-refractivity contribution in [3.63, 3.8) is 0 Å². The molecule has 0 atom stereocenters. The lowest BCUT2D eigenvalue weighted by Gasteiger charge is -2.16. The van der Waals surface area contributed by atoms with Gasteiger partial charge in [-0.2, -0.15) is 13.2 Å². The molecule has 0 unspecified atom stereocenters. The van der Waals surface area contributed by atoms with Crippen LogP contribution in [0.5, 0.6) is 11.5 Å². The number of aryl methyl sites for hydroxylation is 1. The first-order valence-electron chi connectivity index (χ1n) is 11.2. The van der Waals surface area contributed by atoms with Gasteiger partial charge in [0.05, 0.1) is 29.0 Å². The minimum Gasteiger partial charge on any atom is -0.493 e. The molecule has 0 bridgehead atoms. The summed E-state index contributed by atoms with van der Waals surface area (Å²) in [7, 11) is 1.41. The molecular weight excluding hydrogens is 537 g/mol. The topological polar surface area (TPSA) is 67.9 Å². The van der Waals surface area contributed by atoms with E-state index in [0.717, 1.165) is 23.4 Å². The van der Waals surface area contributed by atoms with E-state index < -0.39 is 24.3 Å². The summed E-state index contributed by atoms with van der Waals surface area (Å²) in [6.07, 6.45) is -2.94. The summed E-state index contributed by atoms with van der Waals surface area (Å²) in [4.78, 5) is 27.3. The van der Waals surface area contributed by atoms with Gasteiger partial charge in [0, 0.05) is 0 Å². The number of rotatable bonds is 7. The molecule has 0 radical (unpaired) electrons. The van der Waals surface area contributed by atoms with Crippen molar-refractivity contribution in [2.45, 2.75) is 13.1 Å². The second kappa shape index (κ2) is 11.3. The number of ether oxygens (including phenoxy) is 2. The van der Waals surface area contributed by atoms with Crippen LogP contribution in [0.3, 0.4) is 0 Å². The molecule has 6 nitrogen and oxygen atoms in total. The van der Waals surface area contributed by atoms with Gasteiger partial charge in [-0.25, -0.2) is 0 Å². The van der Waals surface area contributed by atoms with Crippen LogP contribution in [0.25, 0.3) is 6.08 Å². The zero-order valence-electron chi connectivity index (χ0n) is 20.2. The molecule has 1 aliphatic heterocycles. The first-order valence-corrected chi connectivity index (χ1v) is 12.4. The van der Waals surface area contributed by atoms with E-state index in [2.05, 4.69) is 5.32 Å². The third kappa shape index (κ3) is 6.00. The Morgan fingerprint density at radius 3 is 2.50 bits per heavy atom. The summed E-state index contributed by atoms with van der Waals surface area (Å²) in [5.74, 6) is -0.537. The van der Waals surface area contributed by atoms with Crippen LogP contribution in [0.1, 0.15) is 16.7 Å². The summed E-state index contributed by atoms with van der Waals surface area (Å²) in [6, 6.07) is 16.9. The van der Waals surface area contributed by atoms with Gasteiger partial charge in [0.25, 0.3) is 11.8 Å². The van der Waals surface area contributed by atoms with Crippen molar-refractivity contribution in [3.8, 4) is 11.5 Å². The van der Waals surface area contributed by atoms with Crippen molar-refractivity contribution in [1.82, 2.24) is 0 Å². The molecular formula is C27H21F3N2O4S2. The Bertz CT molecular complexity index is 1440. The van der Waals surface area contributed by atoms with Crippen LogP contribution < -0.4 is 19.7 Å². The minimum absolute atomic E-state index is 0.205. The Labute approximate surface area is 226 Å². The highest BCUT2D eigenvalue weighted by molar-refractivity contribution is 8.27. The Morgan fingerprint density at radius 1 is 1.08 bits per heavy atom. The number of hydrogen-bond acceptors (Lipinski definition) is 6. The largest absolute Gasteiger partial charge is 0.493 e. The first-order chi connectivity index (χ1) is 18.1. The van der Waals surface area contributed by atoms with Gasteiger partial charge in [-0.1, -0.05) is 60.4 Å². The molecule has 0 saturated carbocycles. The normalized spacial score (nSPS) is 14.7. The van der Waals surface area contributed by atoms with Gasteiger partial charge in [0.2, 0.25) is 0 Å². The Balaban J connectivity index is 1.46. The van der Waals surface area contributed by atoms with Gasteiger partial charge >= 0.3 is 6.18 Å². The minimum atomic E-state index is -4.61. The molecule has 1 saturated heterocycles.